The average Bonchev–Trinajstić information content (AvgIpc) is 2.38. The fourth-order valence-electron chi connectivity index (χ4n) is 1.90. The lowest BCUT2D eigenvalue weighted by Crippen LogP contribution is -2.39. The average molecular weight is 368 g/mol. The molecule has 118 valence electrons. The van der Waals surface area contributed by atoms with E-state index in [1.54, 1.807) is 12.1 Å². The summed E-state index contributed by atoms with van der Waals surface area (Å²) in [6.07, 6.45) is -6.64. The smallest absolute Gasteiger partial charge is 0.382 e. The van der Waals surface area contributed by atoms with Gasteiger partial charge in [0.15, 0.2) is 6.10 Å². The van der Waals surface area contributed by atoms with Gasteiger partial charge in [0, 0.05) is 16.9 Å². The van der Waals surface area contributed by atoms with E-state index in [0.717, 1.165) is 10.0 Å². The van der Waals surface area contributed by atoms with Crippen molar-refractivity contribution in [2.45, 2.75) is 31.5 Å². The molecule has 0 aliphatic carbocycles. The Morgan fingerprint density at radius 3 is 2.38 bits per heavy atom. The maximum Gasteiger partial charge on any atom is 0.415 e. The van der Waals surface area contributed by atoms with Gasteiger partial charge in [-0.25, -0.2) is 0 Å². The van der Waals surface area contributed by atoms with Gasteiger partial charge in [0.05, 0.1) is 0 Å². The van der Waals surface area contributed by atoms with Crippen molar-refractivity contribution < 1.29 is 23.1 Å². The molecule has 0 amide bonds. The Balaban J connectivity index is 2.50. The summed E-state index contributed by atoms with van der Waals surface area (Å²) in [5.41, 5.74) is 0.823. The first-order chi connectivity index (χ1) is 9.71. The summed E-state index contributed by atoms with van der Waals surface area (Å²) in [4.78, 5) is 11.6. The monoisotopic (exact) mass is 367 g/mol. The summed E-state index contributed by atoms with van der Waals surface area (Å²) in [7, 11) is 0. The van der Waals surface area contributed by atoms with E-state index in [9.17, 15) is 18.0 Å². The number of aliphatic hydroxyl groups excluding tert-OH is 1. The van der Waals surface area contributed by atoms with Crippen LogP contribution in [-0.4, -0.2) is 36.3 Å². The van der Waals surface area contributed by atoms with Crippen LogP contribution in [-0.2, 0) is 4.79 Å². The Kier molecular flexibility index (Phi) is 6.83. The first-order valence-corrected chi connectivity index (χ1v) is 7.22. The van der Waals surface area contributed by atoms with Crippen LogP contribution in [0, 0.1) is 0 Å². The van der Waals surface area contributed by atoms with Crippen LogP contribution < -0.4 is 5.32 Å². The van der Waals surface area contributed by atoms with Crippen LogP contribution in [0.25, 0.3) is 0 Å². The molecule has 1 aromatic rings. The van der Waals surface area contributed by atoms with Crippen molar-refractivity contribution in [2.24, 2.45) is 0 Å². The number of carbonyl (C=O) groups is 1. The third-order valence-corrected chi connectivity index (χ3v) is 3.62. The van der Waals surface area contributed by atoms with Gasteiger partial charge >= 0.3 is 6.18 Å². The van der Waals surface area contributed by atoms with Gasteiger partial charge in [-0.2, -0.15) is 13.2 Å². The third-order valence-electron chi connectivity index (χ3n) is 3.09. The molecule has 0 radical (unpaired) electrons. The molecule has 0 bridgehead atoms. The molecule has 2 atom stereocenters. The number of alkyl halides is 3. The number of halogens is 4. The van der Waals surface area contributed by atoms with E-state index in [-0.39, 0.29) is 18.2 Å². The second-order valence-electron chi connectivity index (χ2n) is 4.76. The third kappa shape index (κ3) is 6.15. The minimum absolute atomic E-state index is 0.0458. The number of hydrogen-bond acceptors (Lipinski definition) is 3. The normalized spacial score (nSPS) is 14.8. The number of carbonyl (C=O) groups excluding carboxylic acids is 1. The van der Waals surface area contributed by atoms with Crippen molar-refractivity contribution in [3.05, 3.63) is 34.3 Å². The summed E-state index contributed by atoms with van der Waals surface area (Å²) in [6, 6.07) is 7.24. The fraction of sp³-hybridized carbons (Fsp3) is 0.500. The maximum atomic E-state index is 12.1. The Morgan fingerprint density at radius 1 is 1.33 bits per heavy atom. The molecule has 0 saturated carbocycles. The van der Waals surface area contributed by atoms with E-state index in [1.165, 1.54) is 6.92 Å². The number of ketones is 1. The lowest BCUT2D eigenvalue weighted by atomic mass is 9.92. The number of benzene rings is 1. The molecule has 0 aliphatic heterocycles. The van der Waals surface area contributed by atoms with Crippen molar-refractivity contribution >= 4 is 21.7 Å². The molecule has 0 spiro atoms. The number of aliphatic hydroxyl groups is 1. The van der Waals surface area contributed by atoms with Crippen molar-refractivity contribution in [2.75, 3.05) is 13.1 Å². The predicted molar refractivity (Wildman–Crippen MR) is 77.1 cm³/mol. The minimum Gasteiger partial charge on any atom is -0.382 e. The van der Waals surface area contributed by atoms with Crippen LogP contribution in [0.5, 0.6) is 0 Å². The van der Waals surface area contributed by atoms with Crippen molar-refractivity contribution in [3.63, 3.8) is 0 Å². The van der Waals surface area contributed by atoms with Crippen LogP contribution in [0.2, 0.25) is 0 Å². The Hall–Kier alpha value is -0.920. The highest BCUT2D eigenvalue weighted by atomic mass is 79.9. The molecule has 0 aromatic heterocycles. The first kappa shape index (κ1) is 18.1. The second kappa shape index (κ2) is 7.91. The van der Waals surface area contributed by atoms with E-state index in [1.807, 2.05) is 12.1 Å². The zero-order valence-corrected chi connectivity index (χ0v) is 13.0. The quantitative estimate of drug-likeness (QED) is 0.728. The highest BCUT2D eigenvalue weighted by Crippen LogP contribution is 2.23. The first-order valence-electron chi connectivity index (χ1n) is 6.43. The molecular formula is C14H17BrF3NO2. The van der Waals surface area contributed by atoms with Crippen LogP contribution in [0.3, 0.4) is 0 Å². The molecule has 7 heteroatoms. The number of rotatable bonds is 7. The van der Waals surface area contributed by atoms with Gasteiger partial charge in [-0.05, 0) is 37.6 Å². The van der Waals surface area contributed by atoms with Crippen LogP contribution in [0.1, 0.15) is 24.8 Å². The van der Waals surface area contributed by atoms with Crippen molar-refractivity contribution in [1.82, 2.24) is 5.32 Å². The SMILES string of the molecule is CC(=O)[C@H](CCNCC(O)C(F)(F)F)c1ccc(Br)cc1. The van der Waals surface area contributed by atoms with Crippen LogP contribution in [0.4, 0.5) is 13.2 Å². The Labute approximate surface area is 129 Å². The molecule has 1 aromatic carbocycles. The molecular weight excluding hydrogens is 351 g/mol. The van der Waals surface area contributed by atoms with Crippen molar-refractivity contribution in [3.8, 4) is 0 Å². The Morgan fingerprint density at radius 2 is 1.90 bits per heavy atom. The lowest BCUT2D eigenvalue weighted by molar-refractivity contribution is -0.201. The minimum atomic E-state index is -4.63. The second-order valence-corrected chi connectivity index (χ2v) is 5.68. The van der Waals surface area contributed by atoms with Gasteiger partial charge in [0.1, 0.15) is 5.78 Å². The molecule has 21 heavy (non-hydrogen) atoms. The van der Waals surface area contributed by atoms with E-state index < -0.39 is 18.8 Å². The molecule has 3 nitrogen and oxygen atoms in total. The van der Waals surface area contributed by atoms with E-state index >= 15 is 0 Å². The Bertz CT molecular complexity index is 462. The molecule has 0 fully saturated rings. The zero-order valence-electron chi connectivity index (χ0n) is 11.5. The molecule has 0 aliphatic rings. The van der Waals surface area contributed by atoms with Crippen molar-refractivity contribution in [1.29, 1.82) is 0 Å². The number of nitrogens with one attached hydrogen (secondary N) is 1. The summed E-state index contributed by atoms with van der Waals surface area (Å²) >= 11 is 3.30. The maximum absolute atomic E-state index is 12.1. The van der Waals surface area contributed by atoms with Gasteiger partial charge in [0.25, 0.3) is 0 Å². The lowest BCUT2D eigenvalue weighted by Gasteiger charge is -2.17. The largest absolute Gasteiger partial charge is 0.415 e. The molecule has 1 unspecified atom stereocenters. The number of Topliss-reactive ketones (excluding diaryl/α,β-unsaturated/α-hetero) is 1. The topological polar surface area (TPSA) is 49.3 Å². The van der Waals surface area contributed by atoms with Crippen LogP contribution in [0.15, 0.2) is 28.7 Å². The predicted octanol–water partition coefficient (Wildman–Crippen LogP) is 3.02. The summed E-state index contributed by atoms with van der Waals surface area (Å²) in [5.74, 6) is -0.413. The van der Waals surface area contributed by atoms with Crippen LogP contribution >= 0.6 is 15.9 Å². The molecule has 0 saturated heterocycles. The number of hydrogen-bond donors (Lipinski definition) is 2. The van der Waals surface area contributed by atoms with E-state index in [0.29, 0.717) is 6.42 Å². The van der Waals surface area contributed by atoms with Gasteiger partial charge in [-0.3, -0.25) is 4.79 Å². The summed E-state index contributed by atoms with van der Waals surface area (Å²) in [6.45, 7) is 1.10. The molecule has 1 rings (SSSR count). The standard InChI is InChI=1S/C14H17BrF3NO2/c1-9(20)12(10-2-4-11(15)5-3-10)6-7-19-8-13(21)14(16,17)18/h2-5,12-13,19,21H,6-8H2,1H3/t12-,13?/m0/s1. The highest BCUT2D eigenvalue weighted by Gasteiger charge is 2.37. The summed E-state index contributed by atoms with van der Waals surface area (Å²) in [5, 5.41) is 11.4. The molecule has 0 heterocycles. The van der Waals surface area contributed by atoms with E-state index in [2.05, 4.69) is 21.2 Å². The summed E-state index contributed by atoms with van der Waals surface area (Å²) < 4.78 is 37.2. The molecule has 2 N–H and O–H groups in total. The fourth-order valence-corrected chi connectivity index (χ4v) is 2.16. The van der Waals surface area contributed by atoms with Gasteiger partial charge in [0.2, 0.25) is 0 Å². The van der Waals surface area contributed by atoms with Gasteiger partial charge in [-0.15, -0.1) is 0 Å². The highest BCUT2D eigenvalue weighted by molar-refractivity contribution is 9.10. The van der Waals surface area contributed by atoms with E-state index in [4.69, 9.17) is 5.11 Å². The van der Waals surface area contributed by atoms with Gasteiger partial charge in [-0.1, -0.05) is 28.1 Å². The zero-order chi connectivity index (χ0) is 16.0. The van der Waals surface area contributed by atoms with Gasteiger partial charge < -0.3 is 10.4 Å².